The van der Waals surface area contributed by atoms with E-state index in [4.69, 9.17) is 51.1 Å². The third-order valence-corrected chi connectivity index (χ3v) is 7.18. The van der Waals surface area contributed by atoms with Crippen molar-refractivity contribution in [2.75, 3.05) is 14.2 Å². The standard InChI is InChI=1S/C16H12Cl4O9/c1-27-13(25)15(19)4-3-5(17)7(21)11(24)16(20,14(26)28-2)12(3)29-9(4)6(18)8(22)10(15)23/h3-4,9,12,21-22H,1-2H3/t3-,4+,9-,12-,15+,16+/m0/s1. The van der Waals surface area contributed by atoms with Crippen LogP contribution in [0.3, 0.4) is 0 Å². The van der Waals surface area contributed by atoms with Crippen LogP contribution in [0.25, 0.3) is 0 Å². The van der Waals surface area contributed by atoms with Gasteiger partial charge in [0.1, 0.15) is 12.2 Å². The molecule has 1 aliphatic heterocycles. The summed E-state index contributed by atoms with van der Waals surface area (Å²) in [6, 6.07) is 0. The van der Waals surface area contributed by atoms with Crippen molar-refractivity contribution in [1.29, 1.82) is 0 Å². The first-order valence-electron chi connectivity index (χ1n) is 7.87. The van der Waals surface area contributed by atoms with E-state index in [1.807, 2.05) is 0 Å². The molecular formula is C16H12Cl4O9. The van der Waals surface area contributed by atoms with E-state index in [1.165, 1.54) is 0 Å². The summed E-state index contributed by atoms with van der Waals surface area (Å²) in [4.78, 5) is 44.8. The van der Waals surface area contributed by atoms with Gasteiger partial charge in [0.05, 0.1) is 24.3 Å². The van der Waals surface area contributed by atoms with Gasteiger partial charge in [-0.05, 0) is 0 Å². The van der Waals surface area contributed by atoms with Crippen LogP contribution in [-0.4, -0.2) is 69.9 Å². The second kappa shape index (κ2) is 7.02. The molecule has 0 saturated carbocycles. The van der Waals surface area contributed by atoms with Gasteiger partial charge >= 0.3 is 11.9 Å². The minimum atomic E-state index is -2.62. The van der Waals surface area contributed by atoms with E-state index < -0.39 is 78.9 Å². The van der Waals surface area contributed by atoms with Crippen LogP contribution in [0.5, 0.6) is 0 Å². The number of ether oxygens (including phenoxy) is 3. The molecule has 0 aromatic carbocycles. The normalized spacial score (nSPS) is 39.2. The molecule has 3 rings (SSSR count). The van der Waals surface area contributed by atoms with Gasteiger partial charge in [0.15, 0.2) is 11.5 Å². The summed E-state index contributed by atoms with van der Waals surface area (Å²) in [5.41, 5.74) is 0. The molecule has 9 nitrogen and oxygen atoms in total. The van der Waals surface area contributed by atoms with E-state index >= 15 is 0 Å². The Hall–Kier alpha value is -1.52. The molecule has 1 heterocycles. The molecule has 1 fully saturated rings. The molecule has 6 atom stereocenters. The molecule has 13 heteroatoms. The average molecular weight is 490 g/mol. The second-order valence-corrected chi connectivity index (χ2v) is 8.49. The first-order valence-corrected chi connectivity index (χ1v) is 9.38. The van der Waals surface area contributed by atoms with E-state index in [0.29, 0.717) is 0 Å². The number of fused-ring (bicyclic) bond motifs is 3. The number of halogens is 4. The highest BCUT2D eigenvalue weighted by Crippen LogP contribution is 2.59. The molecule has 0 unspecified atom stereocenters. The van der Waals surface area contributed by atoms with E-state index in [2.05, 4.69) is 9.47 Å². The van der Waals surface area contributed by atoms with Crippen molar-refractivity contribution in [3.63, 3.8) is 0 Å². The maximum Gasteiger partial charge on any atom is 0.337 e. The summed E-state index contributed by atoms with van der Waals surface area (Å²) in [7, 11) is 1.88. The smallest absolute Gasteiger partial charge is 0.337 e. The van der Waals surface area contributed by atoms with Crippen molar-refractivity contribution in [3.8, 4) is 0 Å². The van der Waals surface area contributed by atoms with E-state index in [0.717, 1.165) is 14.2 Å². The fraction of sp³-hybridized carbons (Fsp3) is 0.500. The van der Waals surface area contributed by atoms with Crippen LogP contribution in [0.15, 0.2) is 21.6 Å². The van der Waals surface area contributed by atoms with Gasteiger partial charge in [-0.15, -0.1) is 0 Å². The third kappa shape index (κ3) is 2.58. The van der Waals surface area contributed by atoms with E-state index in [9.17, 15) is 29.4 Å². The molecule has 3 aliphatic rings. The average Bonchev–Trinajstić information content (AvgIpc) is 3.13. The van der Waals surface area contributed by atoms with Crippen molar-refractivity contribution in [2.24, 2.45) is 11.8 Å². The van der Waals surface area contributed by atoms with Crippen LogP contribution in [-0.2, 0) is 33.4 Å². The molecule has 2 aliphatic carbocycles. The zero-order chi connectivity index (χ0) is 22.0. The Bertz CT molecular complexity index is 912. The number of aliphatic hydroxyl groups excluding tert-OH is 2. The van der Waals surface area contributed by atoms with Crippen LogP contribution in [0.1, 0.15) is 0 Å². The van der Waals surface area contributed by atoms with E-state index in [-0.39, 0.29) is 0 Å². The molecular weight excluding hydrogens is 478 g/mol. The Labute approximate surface area is 183 Å². The number of allylic oxidation sites excluding steroid dienone is 2. The molecule has 0 radical (unpaired) electrons. The Morgan fingerprint density at radius 1 is 0.931 bits per heavy atom. The van der Waals surface area contributed by atoms with Crippen LogP contribution in [0, 0.1) is 11.8 Å². The summed E-state index contributed by atoms with van der Waals surface area (Å²) in [6.45, 7) is 0. The zero-order valence-electron chi connectivity index (χ0n) is 14.6. The minimum Gasteiger partial charge on any atom is -0.503 e. The first kappa shape index (κ1) is 22.2. The highest BCUT2D eigenvalue weighted by atomic mass is 35.5. The zero-order valence-corrected chi connectivity index (χ0v) is 17.6. The number of aliphatic hydroxyl groups is 2. The molecule has 0 amide bonds. The molecule has 0 aromatic heterocycles. The van der Waals surface area contributed by atoms with Gasteiger partial charge in [-0.2, -0.15) is 0 Å². The lowest BCUT2D eigenvalue weighted by molar-refractivity contribution is -0.154. The van der Waals surface area contributed by atoms with Gasteiger partial charge in [-0.1, -0.05) is 46.4 Å². The van der Waals surface area contributed by atoms with E-state index in [1.54, 1.807) is 0 Å². The number of methoxy groups -OCH3 is 2. The van der Waals surface area contributed by atoms with Gasteiger partial charge < -0.3 is 24.4 Å². The van der Waals surface area contributed by atoms with Crippen LogP contribution in [0.2, 0.25) is 0 Å². The Morgan fingerprint density at radius 3 is 1.90 bits per heavy atom. The molecule has 2 N–H and O–H groups in total. The van der Waals surface area contributed by atoms with Crippen molar-refractivity contribution in [2.45, 2.75) is 22.0 Å². The van der Waals surface area contributed by atoms with Gasteiger partial charge in [0, 0.05) is 11.8 Å². The predicted octanol–water partition coefficient (Wildman–Crippen LogP) is 1.47. The Morgan fingerprint density at radius 2 is 1.38 bits per heavy atom. The van der Waals surface area contributed by atoms with Gasteiger partial charge in [-0.25, -0.2) is 9.59 Å². The second-order valence-electron chi connectivity index (χ2n) is 6.49. The number of Topliss-reactive ketones (excluding diaryl/α,β-unsaturated/α-hetero) is 2. The summed E-state index contributed by atoms with van der Waals surface area (Å²) in [6.07, 6.45) is -3.14. The highest BCUT2D eigenvalue weighted by Gasteiger charge is 2.74. The van der Waals surface area contributed by atoms with Crippen molar-refractivity contribution >= 4 is 69.9 Å². The van der Waals surface area contributed by atoms with Gasteiger partial charge in [0.25, 0.3) is 0 Å². The fourth-order valence-electron chi connectivity index (χ4n) is 3.88. The molecule has 29 heavy (non-hydrogen) atoms. The number of carbonyl (C=O) groups is 4. The van der Waals surface area contributed by atoms with Crippen molar-refractivity contribution < 1.29 is 43.6 Å². The number of ketones is 2. The van der Waals surface area contributed by atoms with Crippen LogP contribution < -0.4 is 0 Å². The number of carbonyl (C=O) groups excluding carboxylic acids is 4. The SMILES string of the molecule is COC(=O)[C@]1(Cl)C(=O)C(O)=C(Cl)[C@H]2O[C@H]3[C@H](C(Cl)=C(O)C(=O)[C@]3(Cl)C(=O)OC)[C@H]21. The lowest BCUT2D eigenvalue weighted by atomic mass is 9.67. The maximum absolute atomic E-state index is 12.7. The number of hydrogen-bond acceptors (Lipinski definition) is 9. The fourth-order valence-corrected chi connectivity index (χ4v) is 5.26. The largest absolute Gasteiger partial charge is 0.503 e. The number of esters is 2. The highest BCUT2D eigenvalue weighted by molar-refractivity contribution is 6.52. The Balaban J connectivity index is 2.32. The molecule has 0 spiro atoms. The summed E-state index contributed by atoms with van der Waals surface area (Å²) in [5, 5.41) is 19.2. The number of alkyl halides is 2. The topological polar surface area (TPSA) is 136 Å². The van der Waals surface area contributed by atoms with Crippen LogP contribution in [0.4, 0.5) is 0 Å². The third-order valence-electron chi connectivity index (χ3n) is 5.23. The maximum atomic E-state index is 12.7. The monoisotopic (exact) mass is 488 g/mol. The summed E-state index contributed by atoms with van der Waals surface area (Å²) < 4.78 is 14.8. The van der Waals surface area contributed by atoms with Crippen LogP contribution >= 0.6 is 46.4 Å². The summed E-state index contributed by atoms with van der Waals surface area (Å²) in [5.74, 6) is -10.3. The van der Waals surface area contributed by atoms with Gasteiger partial charge in [0.2, 0.25) is 21.3 Å². The predicted molar refractivity (Wildman–Crippen MR) is 97.9 cm³/mol. The number of rotatable bonds is 2. The lowest BCUT2D eigenvalue weighted by Crippen LogP contribution is -2.60. The minimum absolute atomic E-state index is 0.546. The lowest BCUT2D eigenvalue weighted by Gasteiger charge is -2.40. The van der Waals surface area contributed by atoms with Crippen molar-refractivity contribution in [3.05, 3.63) is 21.6 Å². The molecule has 1 saturated heterocycles. The molecule has 0 bridgehead atoms. The summed E-state index contributed by atoms with van der Waals surface area (Å²) >= 11 is 24.8. The van der Waals surface area contributed by atoms with Crippen molar-refractivity contribution in [1.82, 2.24) is 0 Å². The Kier molecular flexibility index (Phi) is 5.37. The first-order chi connectivity index (χ1) is 13.4. The quantitative estimate of drug-likeness (QED) is 0.335. The number of hydrogen-bond donors (Lipinski definition) is 2. The van der Waals surface area contributed by atoms with Gasteiger partial charge in [-0.3, -0.25) is 9.59 Å². The molecule has 158 valence electrons. The molecule has 0 aromatic rings.